The average Bonchev–Trinajstić information content (AvgIpc) is 2.41. The molecule has 1 aliphatic rings. The van der Waals surface area contributed by atoms with Crippen LogP contribution < -0.4 is 5.73 Å². The fourth-order valence-electron chi connectivity index (χ4n) is 2.21. The van der Waals surface area contributed by atoms with Crippen LogP contribution in [-0.2, 0) is 4.74 Å². The summed E-state index contributed by atoms with van der Waals surface area (Å²) in [6, 6.07) is 1.58. The third-order valence-electron chi connectivity index (χ3n) is 3.13. The van der Waals surface area contributed by atoms with Gasteiger partial charge in [0.05, 0.1) is 30.1 Å². The lowest BCUT2D eigenvalue weighted by molar-refractivity contribution is -0.0859. The average molecular weight is 286 g/mol. The fourth-order valence-corrected chi connectivity index (χ4v) is 2.21. The van der Waals surface area contributed by atoms with Crippen LogP contribution in [0.3, 0.4) is 0 Å². The van der Waals surface area contributed by atoms with Crippen molar-refractivity contribution in [3.05, 3.63) is 29.3 Å². The van der Waals surface area contributed by atoms with Crippen molar-refractivity contribution >= 4 is 11.6 Å². The third-order valence-corrected chi connectivity index (χ3v) is 3.13. The molecule has 5 nitrogen and oxygen atoms in total. The Labute approximate surface area is 114 Å². The third kappa shape index (κ3) is 2.88. The quantitative estimate of drug-likeness (QED) is 0.787. The van der Waals surface area contributed by atoms with E-state index in [1.807, 2.05) is 0 Å². The number of nitrogens with zero attached hydrogens (tertiary/aromatic N) is 1. The molecule has 3 N–H and O–H groups in total. The van der Waals surface area contributed by atoms with Gasteiger partial charge in [0.25, 0.3) is 5.91 Å². The van der Waals surface area contributed by atoms with Gasteiger partial charge in [-0.2, -0.15) is 0 Å². The van der Waals surface area contributed by atoms with Crippen LogP contribution in [0.1, 0.15) is 17.3 Å². The number of nitrogens with two attached hydrogens (primary N) is 1. The highest BCUT2D eigenvalue weighted by Crippen LogP contribution is 2.20. The molecule has 0 spiro atoms. The Bertz CT molecular complexity index is 525. The van der Waals surface area contributed by atoms with E-state index in [1.54, 1.807) is 6.92 Å². The van der Waals surface area contributed by atoms with Gasteiger partial charge in [-0.15, -0.1) is 0 Å². The minimum Gasteiger partial charge on any atom is -0.396 e. The van der Waals surface area contributed by atoms with E-state index in [4.69, 9.17) is 15.6 Å². The molecule has 0 aliphatic carbocycles. The van der Waals surface area contributed by atoms with Crippen molar-refractivity contribution in [3.8, 4) is 0 Å². The van der Waals surface area contributed by atoms with Crippen LogP contribution in [0.2, 0.25) is 0 Å². The summed E-state index contributed by atoms with van der Waals surface area (Å²) in [5.74, 6) is -2.45. The van der Waals surface area contributed by atoms with Crippen molar-refractivity contribution in [2.75, 3.05) is 25.4 Å². The van der Waals surface area contributed by atoms with Gasteiger partial charge in [-0.1, -0.05) is 0 Å². The summed E-state index contributed by atoms with van der Waals surface area (Å²) < 4.78 is 32.2. The van der Waals surface area contributed by atoms with E-state index >= 15 is 0 Å². The lowest BCUT2D eigenvalue weighted by Gasteiger charge is -2.36. The van der Waals surface area contributed by atoms with Gasteiger partial charge in [0, 0.05) is 19.2 Å². The normalized spacial score (nSPS) is 22.9. The molecule has 1 aliphatic heterocycles. The molecule has 1 amide bonds. The SMILES string of the molecule is CC1CN(C(=O)c2cc(N)c(F)cc2F)CC(CO)O1. The monoisotopic (exact) mass is 286 g/mol. The molecule has 1 aromatic carbocycles. The second-order valence-electron chi connectivity index (χ2n) is 4.81. The number of rotatable bonds is 2. The number of benzene rings is 1. The fraction of sp³-hybridized carbons (Fsp3) is 0.462. The number of carbonyl (C=O) groups excluding carboxylic acids is 1. The van der Waals surface area contributed by atoms with Crippen molar-refractivity contribution in [2.24, 2.45) is 0 Å². The maximum atomic E-state index is 13.7. The molecule has 2 rings (SSSR count). The van der Waals surface area contributed by atoms with Crippen LogP contribution in [0.5, 0.6) is 0 Å². The first-order valence-electron chi connectivity index (χ1n) is 6.22. The standard InChI is InChI=1S/C13H16F2N2O3/c1-7-4-17(5-8(6-18)20-7)13(19)9-2-12(16)11(15)3-10(9)14/h2-3,7-8,18H,4-6,16H2,1H3. The van der Waals surface area contributed by atoms with Crippen molar-refractivity contribution in [1.82, 2.24) is 4.90 Å². The van der Waals surface area contributed by atoms with Crippen LogP contribution in [-0.4, -0.2) is 47.8 Å². The van der Waals surface area contributed by atoms with E-state index in [0.717, 1.165) is 6.07 Å². The Morgan fingerprint density at radius 2 is 2.15 bits per heavy atom. The van der Waals surface area contributed by atoms with E-state index in [0.29, 0.717) is 6.07 Å². The number of aliphatic hydroxyl groups excluding tert-OH is 1. The lowest BCUT2D eigenvalue weighted by atomic mass is 10.1. The predicted octanol–water partition coefficient (Wildman–Crippen LogP) is 0.769. The molecule has 1 fully saturated rings. The summed E-state index contributed by atoms with van der Waals surface area (Å²) in [7, 11) is 0. The number of ether oxygens (including phenoxy) is 1. The van der Waals surface area contributed by atoms with Gasteiger partial charge in [-0.05, 0) is 13.0 Å². The van der Waals surface area contributed by atoms with Gasteiger partial charge in [0.2, 0.25) is 0 Å². The Morgan fingerprint density at radius 3 is 2.80 bits per heavy atom. The number of aliphatic hydroxyl groups is 1. The Kier molecular flexibility index (Phi) is 4.20. The van der Waals surface area contributed by atoms with E-state index in [9.17, 15) is 13.6 Å². The number of carbonyl (C=O) groups is 1. The van der Waals surface area contributed by atoms with Crippen molar-refractivity contribution in [1.29, 1.82) is 0 Å². The van der Waals surface area contributed by atoms with Gasteiger partial charge >= 0.3 is 0 Å². The highest BCUT2D eigenvalue weighted by Gasteiger charge is 2.30. The van der Waals surface area contributed by atoms with E-state index < -0.39 is 23.6 Å². The van der Waals surface area contributed by atoms with E-state index in [1.165, 1.54) is 4.90 Å². The van der Waals surface area contributed by atoms with Crippen molar-refractivity contribution < 1.29 is 23.4 Å². The highest BCUT2D eigenvalue weighted by molar-refractivity contribution is 5.95. The van der Waals surface area contributed by atoms with Crippen LogP contribution in [0, 0.1) is 11.6 Å². The Hall–Kier alpha value is -1.73. The predicted molar refractivity (Wildman–Crippen MR) is 68.1 cm³/mol. The number of nitrogen functional groups attached to an aromatic ring is 1. The summed E-state index contributed by atoms with van der Waals surface area (Å²) in [5, 5.41) is 9.11. The minimum atomic E-state index is -0.957. The molecule has 2 unspecified atom stereocenters. The molecule has 20 heavy (non-hydrogen) atoms. The zero-order chi connectivity index (χ0) is 14.9. The molecule has 0 saturated carbocycles. The summed E-state index contributed by atoms with van der Waals surface area (Å²) in [4.78, 5) is 13.6. The van der Waals surface area contributed by atoms with Crippen LogP contribution in [0.25, 0.3) is 0 Å². The summed E-state index contributed by atoms with van der Waals surface area (Å²) in [6.45, 7) is 1.93. The van der Waals surface area contributed by atoms with Crippen LogP contribution >= 0.6 is 0 Å². The van der Waals surface area contributed by atoms with Gasteiger partial charge in [-0.3, -0.25) is 4.79 Å². The largest absolute Gasteiger partial charge is 0.396 e. The minimum absolute atomic E-state index is 0.149. The molecule has 7 heteroatoms. The second kappa shape index (κ2) is 5.72. The van der Waals surface area contributed by atoms with Gasteiger partial charge < -0.3 is 20.5 Å². The molecule has 1 saturated heterocycles. The van der Waals surface area contributed by atoms with Crippen molar-refractivity contribution in [2.45, 2.75) is 19.1 Å². The molecule has 1 heterocycles. The van der Waals surface area contributed by atoms with Crippen molar-refractivity contribution in [3.63, 3.8) is 0 Å². The van der Waals surface area contributed by atoms with Gasteiger partial charge in [0.1, 0.15) is 11.6 Å². The molecule has 0 bridgehead atoms. The molecule has 1 aromatic rings. The highest BCUT2D eigenvalue weighted by atomic mass is 19.1. The summed E-state index contributed by atoms with van der Waals surface area (Å²) in [6.07, 6.45) is -0.783. The zero-order valence-electron chi connectivity index (χ0n) is 11.0. The first-order valence-corrected chi connectivity index (χ1v) is 6.22. The Morgan fingerprint density at radius 1 is 1.45 bits per heavy atom. The van der Waals surface area contributed by atoms with Crippen LogP contribution in [0.4, 0.5) is 14.5 Å². The van der Waals surface area contributed by atoms with Crippen LogP contribution in [0.15, 0.2) is 12.1 Å². The number of halogens is 2. The first-order chi connectivity index (χ1) is 9.42. The molecule has 0 radical (unpaired) electrons. The van der Waals surface area contributed by atoms with Gasteiger partial charge in [0.15, 0.2) is 0 Å². The molecular weight excluding hydrogens is 270 g/mol. The molecule has 2 atom stereocenters. The maximum Gasteiger partial charge on any atom is 0.257 e. The smallest absolute Gasteiger partial charge is 0.257 e. The number of amides is 1. The topological polar surface area (TPSA) is 75.8 Å². The summed E-state index contributed by atoms with van der Waals surface area (Å²) in [5.41, 5.74) is 4.80. The molecule has 0 aromatic heterocycles. The zero-order valence-corrected chi connectivity index (χ0v) is 11.0. The number of hydrogen-bond acceptors (Lipinski definition) is 4. The van der Waals surface area contributed by atoms with E-state index in [-0.39, 0.29) is 37.1 Å². The molecular formula is C13H16F2N2O3. The Balaban J connectivity index is 2.24. The number of anilines is 1. The lowest BCUT2D eigenvalue weighted by Crippen LogP contribution is -2.50. The number of morpholine rings is 1. The van der Waals surface area contributed by atoms with E-state index in [2.05, 4.69) is 0 Å². The molecule has 110 valence electrons. The summed E-state index contributed by atoms with van der Waals surface area (Å²) >= 11 is 0. The maximum absolute atomic E-state index is 13.7. The first kappa shape index (κ1) is 14.7. The van der Waals surface area contributed by atoms with Gasteiger partial charge in [-0.25, -0.2) is 8.78 Å². The number of hydrogen-bond donors (Lipinski definition) is 2. The second-order valence-corrected chi connectivity index (χ2v) is 4.81.